The first-order chi connectivity index (χ1) is 13.5. The summed E-state index contributed by atoms with van der Waals surface area (Å²) in [5.74, 6) is -0.527. The van der Waals surface area contributed by atoms with Gasteiger partial charge < -0.3 is 4.90 Å². The number of hydrogen-bond acceptors (Lipinski definition) is 5. The normalized spacial score (nSPS) is 22.4. The molecule has 2 aromatic rings. The minimum atomic E-state index is -2.57. The molecule has 0 radical (unpaired) electrons. The summed E-state index contributed by atoms with van der Waals surface area (Å²) in [7, 11) is 0. The van der Waals surface area contributed by atoms with Crippen LogP contribution in [0, 0.1) is 5.92 Å². The minimum absolute atomic E-state index is 0.0287. The second-order valence-electron chi connectivity index (χ2n) is 6.91. The van der Waals surface area contributed by atoms with Crippen molar-refractivity contribution in [1.29, 1.82) is 0 Å². The van der Waals surface area contributed by atoms with Gasteiger partial charge in [0, 0.05) is 31.2 Å². The van der Waals surface area contributed by atoms with E-state index in [1.54, 1.807) is 23.2 Å². The number of carbonyl (C=O) groups excluding carboxylic acids is 1. The molecule has 7 nitrogen and oxygen atoms in total. The van der Waals surface area contributed by atoms with E-state index in [0.717, 1.165) is 0 Å². The lowest BCUT2D eigenvalue weighted by atomic mass is 9.92. The Morgan fingerprint density at radius 3 is 2.86 bits per heavy atom. The lowest BCUT2D eigenvalue weighted by molar-refractivity contribution is -0.123. The van der Waals surface area contributed by atoms with E-state index in [-0.39, 0.29) is 35.0 Å². The van der Waals surface area contributed by atoms with Gasteiger partial charge in [0.25, 0.3) is 12.0 Å². The Morgan fingerprint density at radius 2 is 2.07 bits per heavy atom. The summed E-state index contributed by atoms with van der Waals surface area (Å²) in [6, 6.07) is 6.22. The van der Waals surface area contributed by atoms with Crippen LogP contribution in [0.1, 0.15) is 24.0 Å². The molecule has 4 rings (SSSR count). The first-order valence-corrected chi connectivity index (χ1v) is 9.24. The fraction of sp³-hybridized carbons (Fsp3) is 0.389. The van der Waals surface area contributed by atoms with Gasteiger partial charge in [0.1, 0.15) is 5.02 Å². The van der Waals surface area contributed by atoms with Crippen LogP contribution in [0.2, 0.25) is 5.02 Å². The maximum atomic E-state index is 13.3. The van der Waals surface area contributed by atoms with Crippen molar-refractivity contribution in [2.75, 3.05) is 18.0 Å². The molecule has 10 heteroatoms. The van der Waals surface area contributed by atoms with E-state index in [1.165, 1.54) is 12.3 Å². The van der Waals surface area contributed by atoms with E-state index >= 15 is 0 Å². The lowest BCUT2D eigenvalue weighted by Gasteiger charge is -2.37. The highest BCUT2D eigenvalue weighted by atomic mass is 35.5. The van der Waals surface area contributed by atoms with E-state index in [0.29, 0.717) is 30.8 Å². The highest BCUT2D eigenvalue weighted by molar-refractivity contribution is 6.33. The van der Waals surface area contributed by atoms with Gasteiger partial charge in [-0.1, -0.05) is 35.9 Å². The topological polar surface area (TPSA) is 81.3 Å². The van der Waals surface area contributed by atoms with Crippen LogP contribution in [0.5, 0.6) is 0 Å². The van der Waals surface area contributed by atoms with Gasteiger partial charge in [-0.3, -0.25) is 15.0 Å². The Morgan fingerprint density at radius 1 is 1.29 bits per heavy atom. The first-order valence-electron chi connectivity index (χ1n) is 8.87. The molecule has 0 spiro atoms. The maximum Gasteiger partial charge on any atom is 0.285 e. The third kappa shape index (κ3) is 3.35. The second kappa shape index (κ2) is 7.48. The fourth-order valence-electron chi connectivity index (χ4n) is 3.92. The second-order valence-corrected chi connectivity index (χ2v) is 7.29. The summed E-state index contributed by atoms with van der Waals surface area (Å²) < 4.78 is 26.5. The van der Waals surface area contributed by atoms with Gasteiger partial charge >= 0.3 is 0 Å². The Hall–Kier alpha value is -2.52. The molecule has 2 aliphatic rings. The van der Waals surface area contributed by atoms with Crippen LogP contribution in [0.15, 0.2) is 35.3 Å². The third-order valence-electron chi connectivity index (χ3n) is 5.32. The average molecular weight is 410 g/mol. The molecule has 0 saturated carbocycles. The Bertz CT molecular complexity index is 954. The van der Waals surface area contributed by atoms with E-state index in [1.807, 2.05) is 4.90 Å². The number of rotatable bonds is 4. The molecule has 2 atom stereocenters. The van der Waals surface area contributed by atoms with Gasteiger partial charge in [0.15, 0.2) is 0 Å². The standard InChI is InChI=1S/C18H18ClF2N5O2/c19-15-14(7-22-23-18(15)28)25-6-5-13-12(9-25)17(27)24-26(13)8-10-3-1-2-4-11(10)16(20)21/h1-4,7,12-13,16H,5-6,8-9H2,(H,23,28)(H,24,27). The van der Waals surface area contributed by atoms with Crippen molar-refractivity contribution in [2.24, 2.45) is 5.92 Å². The fourth-order valence-corrected chi connectivity index (χ4v) is 4.13. The SMILES string of the molecule is O=C1NN(Cc2ccccc2C(F)F)C2CCN(c3cn[nH]c(=O)c3Cl)CC12. The molecule has 2 N–H and O–H groups in total. The van der Waals surface area contributed by atoms with Crippen molar-refractivity contribution in [1.82, 2.24) is 20.6 Å². The number of anilines is 1. The maximum absolute atomic E-state index is 13.3. The summed E-state index contributed by atoms with van der Waals surface area (Å²) in [4.78, 5) is 26.1. The number of aromatic amines is 1. The largest absolute Gasteiger partial charge is 0.368 e. The molecule has 2 unspecified atom stereocenters. The van der Waals surface area contributed by atoms with Crippen LogP contribution in [0.25, 0.3) is 0 Å². The van der Waals surface area contributed by atoms with Gasteiger partial charge in [-0.15, -0.1) is 0 Å². The number of halogens is 3. The van der Waals surface area contributed by atoms with Crippen LogP contribution in [-0.4, -0.2) is 40.2 Å². The van der Waals surface area contributed by atoms with Crippen molar-refractivity contribution in [3.8, 4) is 0 Å². The van der Waals surface area contributed by atoms with Crippen molar-refractivity contribution < 1.29 is 13.6 Å². The molecule has 0 bridgehead atoms. The van der Waals surface area contributed by atoms with Gasteiger partial charge in [0.05, 0.1) is 17.8 Å². The molecule has 2 saturated heterocycles. The molecule has 1 amide bonds. The average Bonchev–Trinajstić information content (AvgIpc) is 2.99. The number of H-pyrrole nitrogens is 1. The van der Waals surface area contributed by atoms with Crippen LogP contribution < -0.4 is 15.9 Å². The van der Waals surface area contributed by atoms with E-state index in [2.05, 4.69) is 15.6 Å². The van der Waals surface area contributed by atoms with Gasteiger partial charge in [-0.25, -0.2) is 18.9 Å². The molecule has 1 aromatic carbocycles. The predicted octanol–water partition coefficient (Wildman–Crippen LogP) is 2.10. The molecule has 0 aliphatic carbocycles. The highest BCUT2D eigenvalue weighted by Gasteiger charge is 2.44. The van der Waals surface area contributed by atoms with Gasteiger partial charge in [0.2, 0.25) is 5.91 Å². The quantitative estimate of drug-likeness (QED) is 0.808. The van der Waals surface area contributed by atoms with Gasteiger partial charge in [-0.05, 0) is 12.0 Å². The Balaban J connectivity index is 1.53. The van der Waals surface area contributed by atoms with Crippen LogP contribution in [-0.2, 0) is 11.3 Å². The Kier molecular flexibility index (Phi) is 5.03. The van der Waals surface area contributed by atoms with Gasteiger partial charge in [-0.2, -0.15) is 5.10 Å². The van der Waals surface area contributed by atoms with Crippen LogP contribution >= 0.6 is 11.6 Å². The highest BCUT2D eigenvalue weighted by Crippen LogP contribution is 2.33. The molecular weight excluding hydrogens is 392 g/mol. The number of fused-ring (bicyclic) bond motifs is 1. The number of carbonyl (C=O) groups is 1. The third-order valence-corrected chi connectivity index (χ3v) is 5.68. The molecular formula is C18H18ClF2N5O2. The number of nitrogens with one attached hydrogen (secondary N) is 2. The van der Waals surface area contributed by atoms with Crippen LogP contribution in [0.3, 0.4) is 0 Å². The molecule has 1 aromatic heterocycles. The van der Waals surface area contributed by atoms with Crippen molar-refractivity contribution in [2.45, 2.75) is 25.4 Å². The smallest absolute Gasteiger partial charge is 0.285 e. The monoisotopic (exact) mass is 409 g/mol. The minimum Gasteiger partial charge on any atom is -0.368 e. The molecule has 2 aliphatic heterocycles. The molecule has 3 heterocycles. The molecule has 28 heavy (non-hydrogen) atoms. The number of amides is 1. The summed E-state index contributed by atoms with van der Waals surface area (Å²) in [5.41, 5.74) is 3.28. The Labute approximate surface area is 164 Å². The number of aromatic nitrogens is 2. The summed E-state index contributed by atoms with van der Waals surface area (Å²) >= 11 is 6.08. The van der Waals surface area contributed by atoms with E-state index in [4.69, 9.17) is 11.6 Å². The summed E-state index contributed by atoms with van der Waals surface area (Å²) in [6.07, 6.45) is -0.491. The molecule has 2 fully saturated rings. The van der Waals surface area contributed by atoms with Crippen LogP contribution in [0.4, 0.5) is 14.5 Å². The number of benzene rings is 1. The number of hydrogen-bond donors (Lipinski definition) is 2. The van der Waals surface area contributed by atoms with E-state index < -0.39 is 12.0 Å². The number of nitrogens with zero attached hydrogens (tertiary/aromatic N) is 3. The van der Waals surface area contributed by atoms with E-state index in [9.17, 15) is 18.4 Å². The summed E-state index contributed by atoms with van der Waals surface area (Å²) in [6.45, 7) is 1.14. The van der Waals surface area contributed by atoms with Crippen molar-refractivity contribution in [3.63, 3.8) is 0 Å². The lowest BCUT2D eigenvalue weighted by Crippen LogP contribution is -2.47. The summed E-state index contributed by atoms with van der Waals surface area (Å²) in [5, 5.41) is 7.82. The number of hydrazine groups is 1. The zero-order chi connectivity index (χ0) is 19.8. The van der Waals surface area contributed by atoms with Crippen molar-refractivity contribution in [3.05, 3.63) is 57.0 Å². The zero-order valence-electron chi connectivity index (χ0n) is 14.7. The zero-order valence-corrected chi connectivity index (χ0v) is 15.5. The first kappa shape index (κ1) is 18.8. The number of piperidine rings is 1. The predicted molar refractivity (Wildman–Crippen MR) is 99.1 cm³/mol. The number of alkyl halides is 2. The van der Waals surface area contributed by atoms with Crippen molar-refractivity contribution >= 4 is 23.2 Å². The molecule has 148 valence electrons.